The number of nitrogens with one attached hydrogen (secondary N) is 1. The van der Waals surface area contributed by atoms with E-state index >= 15 is 0 Å². The van der Waals surface area contributed by atoms with Crippen molar-refractivity contribution in [2.45, 2.75) is 26.7 Å². The van der Waals surface area contributed by atoms with Crippen molar-refractivity contribution in [3.63, 3.8) is 0 Å². The molecule has 1 atom stereocenters. The number of nitrogens with zero attached hydrogens (tertiary/aromatic N) is 1. The first kappa shape index (κ1) is 13.9. The van der Waals surface area contributed by atoms with E-state index in [-0.39, 0.29) is 0 Å². The molecular weight excluding hydrogens is 226 g/mol. The van der Waals surface area contributed by atoms with E-state index in [1.165, 1.54) is 4.31 Å². The predicted molar refractivity (Wildman–Crippen MR) is 65.1 cm³/mol. The van der Waals surface area contributed by atoms with E-state index in [2.05, 4.69) is 19.2 Å². The van der Waals surface area contributed by atoms with Crippen LogP contribution in [0.3, 0.4) is 0 Å². The average Bonchev–Trinajstić information content (AvgIpc) is 2.16. The molecule has 0 amide bonds. The van der Waals surface area contributed by atoms with Crippen LogP contribution in [0.15, 0.2) is 0 Å². The first-order valence-electron chi connectivity index (χ1n) is 5.88. The lowest BCUT2D eigenvalue weighted by atomic mass is 9.99. The number of hydrogen-bond donors (Lipinski definition) is 2. The summed E-state index contributed by atoms with van der Waals surface area (Å²) in [5.74, 6) is 1.02. The number of nitrogens with two attached hydrogens (primary N) is 1. The standard InChI is InChI=1S/C10H23N3O2S/c1-9(2)6-12-7-10-4-3-5-13(8-10)16(11,14)15/h9-10,12H,3-8H2,1-2H3,(H2,11,14,15). The fourth-order valence-corrected chi connectivity index (χ4v) is 2.80. The molecule has 0 saturated carbocycles. The molecule has 16 heavy (non-hydrogen) atoms. The Bertz CT molecular complexity index is 303. The smallest absolute Gasteiger partial charge is 0.276 e. The molecule has 1 aliphatic heterocycles. The molecule has 3 N–H and O–H groups in total. The molecule has 96 valence electrons. The van der Waals surface area contributed by atoms with Gasteiger partial charge in [0.25, 0.3) is 10.2 Å². The van der Waals surface area contributed by atoms with Gasteiger partial charge in [-0.05, 0) is 37.8 Å². The Labute approximate surface area is 98.6 Å². The molecule has 1 aliphatic rings. The third-order valence-electron chi connectivity index (χ3n) is 2.83. The molecule has 1 fully saturated rings. The summed E-state index contributed by atoms with van der Waals surface area (Å²) in [5.41, 5.74) is 0. The maximum Gasteiger partial charge on any atom is 0.276 e. The molecule has 0 bridgehead atoms. The van der Waals surface area contributed by atoms with Crippen molar-refractivity contribution in [2.75, 3.05) is 26.2 Å². The average molecular weight is 249 g/mol. The Morgan fingerprint density at radius 3 is 2.75 bits per heavy atom. The topological polar surface area (TPSA) is 75.4 Å². The van der Waals surface area contributed by atoms with Crippen molar-refractivity contribution in [1.82, 2.24) is 9.62 Å². The molecule has 0 aliphatic carbocycles. The molecule has 0 radical (unpaired) electrons. The maximum absolute atomic E-state index is 11.2. The van der Waals surface area contributed by atoms with Gasteiger partial charge in [0.15, 0.2) is 0 Å². The summed E-state index contributed by atoms with van der Waals surface area (Å²) in [5, 5.41) is 8.49. The Morgan fingerprint density at radius 1 is 1.50 bits per heavy atom. The van der Waals surface area contributed by atoms with Gasteiger partial charge in [-0.1, -0.05) is 13.8 Å². The van der Waals surface area contributed by atoms with Crippen LogP contribution < -0.4 is 10.5 Å². The summed E-state index contributed by atoms with van der Waals surface area (Å²) < 4.78 is 23.8. The zero-order chi connectivity index (χ0) is 12.2. The van der Waals surface area contributed by atoms with Gasteiger partial charge in [0.1, 0.15) is 0 Å². The van der Waals surface area contributed by atoms with Crippen molar-refractivity contribution < 1.29 is 8.42 Å². The van der Waals surface area contributed by atoms with Gasteiger partial charge in [-0.3, -0.25) is 0 Å². The summed E-state index contributed by atoms with van der Waals surface area (Å²) >= 11 is 0. The van der Waals surface area contributed by atoms with Crippen LogP contribution in [-0.2, 0) is 10.2 Å². The first-order chi connectivity index (χ1) is 7.39. The van der Waals surface area contributed by atoms with Crippen molar-refractivity contribution in [1.29, 1.82) is 0 Å². The predicted octanol–water partition coefficient (Wildman–Crippen LogP) is 0.148. The van der Waals surface area contributed by atoms with E-state index in [4.69, 9.17) is 5.14 Å². The van der Waals surface area contributed by atoms with E-state index < -0.39 is 10.2 Å². The summed E-state index contributed by atoms with van der Waals surface area (Å²) in [6, 6.07) is 0. The fraction of sp³-hybridized carbons (Fsp3) is 1.00. The van der Waals surface area contributed by atoms with Gasteiger partial charge in [0, 0.05) is 13.1 Å². The van der Waals surface area contributed by atoms with Crippen LogP contribution in [0.5, 0.6) is 0 Å². The molecule has 6 heteroatoms. The lowest BCUT2D eigenvalue weighted by Crippen LogP contribution is -2.45. The molecular formula is C10H23N3O2S. The number of hydrogen-bond acceptors (Lipinski definition) is 3. The molecule has 5 nitrogen and oxygen atoms in total. The molecule has 1 saturated heterocycles. The number of piperidine rings is 1. The van der Waals surface area contributed by atoms with Crippen LogP contribution in [-0.4, -0.2) is 38.9 Å². The zero-order valence-corrected chi connectivity index (χ0v) is 11.0. The third kappa shape index (κ3) is 4.78. The van der Waals surface area contributed by atoms with Crippen LogP contribution in [0.2, 0.25) is 0 Å². The van der Waals surface area contributed by atoms with E-state index in [0.717, 1.165) is 25.9 Å². The van der Waals surface area contributed by atoms with E-state index in [1.807, 2.05) is 0 Å². The highest BCUT2D eigenvalue weighted by molar-refractivity contribution is 7.86. The van der Waals surface area contributed by atoms with Gasteiger partial charge in [-0.25, -0.2) is 5.14 Å². The highest BCUT2D eigenvalue weighted by atomic mass is 32.2. The quantitative estimate of drug-likeness (QED) is 0.728. The monoisotopic (exact) mass is 249 g/mol. The van der Waals surface area contributed by atoms with Crippen molar-refractivity contribution in [3.05, 3.63) is 0 Å². The zero-order valence-electron chi connectivity index (χ0n) is 10.1. The van der Waals surface area contributed by atoms with Gasteiger partial charge in [-0.2, -0.15) is 12.7 Å². The second kappa shape index (κ2) is 5.95. The highest BCUT2D eigenvalue weighted by Gasteiger charge is 2.25. The van der Waals surface area contributed by atoms with Gasteiger partial charge in [-0.15, -0.1) is 0 Å². The van der Waals surface area contributed by atoms with Crippen molar-refractivity contribution >= 4 is 10.2 Å². The van der Waals surface area contributed by atoms with E-state index in [0.29, 0.717) is 24.9 Å². The van der Waals surface area contributed by atoms with Crippen LogP contribution in [0, 0.1) is 11.8 Å². The Balaban J connectivity index is 2.34. The molecule has 0 aromatic carbocycles. The van der Waals surface area contributed by atoms with Crippen molar-refractivity contribution in [3.8, 4) is 0 Å². The van der Waals surface area contributed by atoms with Gasteiger partial charge in [0.05, 0.1) is 0 Å². The van der Waals surface area contributed by atoms with Crippen LogP contribution >= 0.6 is 0 Å². The molecule has 0 spiro atoms. The molecule has 0 aromatic rings. The van der Waals surface area contributed by atoms with Crippen LogP contribution in [0.1, 0.15) is 26.7 Å². The van der Waals surface area contributed by atoms with Gasteiger partial charge < -0.3 is 5.32 Å². The Kier molecular flexibility index (Phi) is 5.17. The minimum atomic E-state index is -3.49. The highest BCUT2D eigenvalue weighted by Crippen LogP contribution is 2.17. The second-order valence-electron chi connectivity index (χ2n) is 4.96. The van der Waals surface area contributed by atoms with Gasteiger partial charge in [0.2, 0.25) is 0 Å². The second-order valence-corrected chi connectivity index (χ2v) is 6.51. The molecule has 0 aromatic heterocycles. The largest absolute Gasteiger partial charge is 0.316 e. The molecule has 1 unspecified atom stereocenters. The number of rotatable bonds is 5. The summed E-state index contributed by atoms with van der Waals surface area (Å²) in [6.07, 6.45) is 1.99. The Morgan fingerprint density at radius 2 is 2.19 bits per heavy atom. The van der Waals surface area contributed by atoms with Crippen LogP contribution in [0.4, 0.5) is 0 Å². The Hall–Kier alpha value is -0.170. The third-order valence-corrected chi connectivity index (χ3v) is 3.88. The molecule has 1 rings (SSSR count). The summed E-state index contributed by atoms with van der Waals surface area (Å²) in [4.78, 5) is 0. The first-order valence-corrected chi connectivity index (χ1v) is 7.38. The lowest BCUT2D eigenvalue weighted by molar-refractivity contribution is 0.258. The minimum Gasteiger partial charge on any atom is -0.316 e. The molecule has 1 heterocycles. The maximum atomic E-state index is 11.2. The van der Waals surface area contributed by atoms with Crippen LogP contribution in [0.25, 0.3) is 0 Å². The fourth-order valence-electron chi connectivity index (χ4n) is 2.00. The SMILES string of the molecule is CC(C)CNCC1CCCN(S(N)(=O)=O)C1. The van der Waals surface area contributed by atoms with E-state index in [1.54, 1.807) is 0 Å². The minimum absolute atomic E-state index is 0.394. The summed E-state index contributed by atoms with van der Waals surface area (Å²) in [7, 11) is -3.49. The van der Waals surface area contributed by atoms with E-state index in [9.17, 15) is 8.42 Å². The lowest BCUT2D eigenvalue weighted by Gasteiger charge is -2.30. The van der Waals surface area contributed by atoms with Gasteiger partial charge >= 0.3 is 0 Å². The van der Waals surface area contributed by atoms with Crippen molar-refractivity contribution in [2.24, 2.45) is 17.0 Å². The normalized spacial score (nSPS) is 23.9. The summed E-state index contributed by atoms with van der Waals surface area (Å²) in [6.45, 7) is 7.30.